The third-order valence-electron chi connectivity index (χ3n) is 2.58. The van der Waals surface area contributed by atoms with Crippen molar-refractivity contribution in [3.8, 4) is 0 Å². The molecule has 0 aromatic heterocycles. The highest BCUT2D eigenvalue weighted by molar-refractivity contribution is 8.10. The summed E-state index contributed by atoms with van der Waals surface area (Å²) in [4.78, 5) is 2.24. The van der Waals surface area contributed by atoms with Crippen LogP contribution < -0.4 is 0 Å². The molecule has 0 spiro atoms. The van der Waals surface area contributed by atoms with Gasteiger partial charge in [0.25, 0.3) is 0 Å². The fourth-order valence-electron chi connectivity index (χ4n) is 1.59. The van der Waals surface area contributed by atoms with Crippen LogP contribution in [0.1, 0.15) is 58.8 Å². The first-order valence-electron chi connectivity index (χ1n) is 6.20. The smallest absolute Gasteiger partial charge is 0.133 e. The van der Waals surface area contributed by atoms with Gasteiger partial charge in [0, 0.05) is 13.1 Å². The highest BCUT2D eigenvalue weighted by Gasteiger charge is 2.04. The minimum atomic E-state index is 0.766. The van der Waals surface area contributed by atoms with E-state index in [4.69, 9.17) is 12.2 Å². The average Bonchev–Trinajstić information content (AvgIpc) is 2.21. The number of hydrogen-bond donors (Lipinski definition) is 1. The molecule has 15 heavy (non-hydrogen) atoms. The van der Waals surface area contributed by atoms with Crippen molar-refractivity contribution in [1.82, 2.24) is 4.90 Å². The molecular weight excluding hydrogens is 222 g/mol. The van der Waals surface area contributed by atoms with Gasteiger partial charge in [-0.2, -0.15) is 0 Å². The van der Waals surface area contributed by atoms with Gasteiger partial charge in [0.1, 0.15) is 4.32 Å². The van der Waals surface area contributed by atoms with Gasteiger partial charge in [-0.1, -0.05) is 58.2 Å². The summed E-state index contributed by atoms with van der Waals surface area (Å²) in [5.74, 6) is 0. The molecule has 90 valence electrons. The van der Waals surface area contributed by atoms with E-state index in [1.54, 1.807) is 0 Å². The number of nitrogens with zero attached hydrogens (tertiary/aromatic N) is 1. The largest absolute Gasteiger partial charge is 0.358 e. The van der Waals surface area contributed by atoms with Gasteiger partial charge in [-0.3, -0.25) is 0 Å². The zero-order valence-electron chi connectivity index (χ0n) is 10.2. The van der Waals surface area contributed by atoms with Gasteiger partial charge in [0.05, 0.1) is 0 Å². The summed E-state index contributed by atoms with van der Waals surface area (Å²) in [5, 5.41) is 0. The third kappa shape index (κ3) is 9.19. The Morgan fingerprint density at radius 2 is 1.40 bits per heavy atom. The lowest BCUT2D eigenvalue weighted by Gasteiger charge is -2.22. The van der Waals surface area contributed by atoms with Crippen molar-refractivity contribution in [3.63, 3.8) is 0 Å². The first-order chi connectivity index (χ1) is 7.22. The summed E-state index contributed by atoms with van der Waals surface area (Å²) in [5.41, 5.74) is 0. The fourth-order valence-corrected chi connectivity index (χ4v) is 1.97. The number of rotatable bonds is 9. The van der Waals surface area contributed by atoms with Gasteiger partial charge in [-0.05, 0) is 12.8 Å². The Morgan fingerprint density at radius 3 is 1.87 bits per heavy atom. The molecule has 0 fully saturated rings. The zero-order chi connectivity index (χ0) is 11.5. The maximum Gasteiger partial charge on any atom is 0.133 e. The van der Waals surface area contributed by atoms with Crippen molar-refractivity contribution in [2.45, 2.75) is 58.8 Å². The lowest BCUT2D eigenvalue weighted by molar-refractivity contribution is 0.400. The van der Waals surface area contributed by atoms with Crippen molar-refractivity contribution < 1.29 is 0 Å². The van der Waals surface area contributed by atoms with Crippen LogP contribution in [0.15, 0.2) is 0 Å². The molecule has 0 aliphatic heterocycles. The van der Waals surface area contributed by atoms with Gasteiger partial charge in [0.15, 0.2) is 0 Å². The highest BCUT2D eigenvalue weighted by atomic mass is 32.1. The predicted molar refractivity (Wildman–Crippen MR) is 76.8 cm³/mol. The third-order valence-corrected chi connectivity index (χ3v) is 3.12. The molecule has 0 heterocycles. The normalized spacial score (nSPS) is 10.3. The van der Waals surface area contributed by atoms with E-state index in [1.165, 1.54) is 44.9 Å². The van der Waals surface area contributed by atoms with Crippen LogP contribution in [-0.4, -0.2) is 22.3 Å². The minimum absolute atomic E-state index is 0.766. The van der Waals surface area contributed by atoms with Crippen LogP contribution in [0.2, 0.25) is 0 Å². The highest BCUT2D eigenvalue weighted by Crippen LogP contribution is 2.06. The van der Waals surface area contributed by atoms with Crippen molar-refractivity contribution in [3.05, 3.63) is 0 Å². The van der Waals surface area contributed by atoms with E-state index >= 15 is 0 Å². The summed E-state index contributed by atoms with van der Waals surface area (Å²) >= 11 is 9.41. The molecule has 0 atom stereocenters. The molecule has 1 nitrogen and oxygen atoms in total. The lowest BCUT2D eigenvalue weighted by Crippen LogP contribution is -2.28. The van der Waals surface area contributed by atoms with Crippen LogP contribution in [-0.2, 0) is 0 Å². The topological polar surface area (TPSA) is 3.24 Å². The Labute approximate surface area is 106 Å². The zero-order valence-corrected chi connectivity index (χ0v) is 11.9. The van der Waals surface area contributed by atoms with Crippen LogP contribution in [0, 0.1) is 0 Å². The Kier molecular flexibility index (Phi) is 10.9. The number of thiol groups is 1. The van der Waals surface area contributed by atoms with Crippen LogP contribution in [0.25, 0.3) is 0 Å². The summed E-state index contributed by atoms with van der Waals surface area (Å²) in [7, 11) is 0. The summed E-state index contributed by atoms with van der Waals surface area (Å²) in [6.07, 6.45) is 9.00. The molecule has 0 aliphatic rings. The van der Waals surface area contributed by atoms with E-state index in [0.717, 1.165) is 17.4 Å². The molecule has 0 rings (SSSR count). The van der Waals surface area contributed by atoms with Crippen molar-refractivity contribution in [2.24, 2.45) is 0 Å². The van der Waals surface area contributed by atoms with E-state index in [9.17, 15) is 0 Å². The molecule has 0 saturated heterocycles. The maximum atomic E-state index is 5.13. The van der Waals surface area contributed by atoms with Gasteiger partial charge in [-0.15, -0.1) is 12.6 Å². The number of unbranched alkanes of at least 4 members (excludes halogenated alkanes) is 5. The Bertz CT molecular complexity index is 160. The molecule has 0 amide bonds. The van der Waals surface area contributed by atoms with E-state index < -0.39 is 0 Å². The molecule has 0 bridgehead atoms. The summed E-state index contributed by atoms with van der Waals surface area (Å²) < 4.78 is 0.766. The SMILES string of the molecule is CCCCCCN(CCCCC)C(=S)S. The van der Waals surface area contributed by atoms with Crippen LogP contribution >= 0.6 is 24.8 Å². The minimum Gasteiger partial charge on any atom is -0.358 e. The maximum absolute atomic E-state index is 5.13. The van der Waals surface area contributed by atoms with Crippen LogP contribution in [0.3, 0.4) is 0 Å². The van der Waals surface area contributed by atoms with Gasteiger partial charge < -0.3 is 4.90 Å². The average molecular weight is 247 g/mol. The molecule has 0 radical (unpaired) electrons. The predicted octanol–water partition coefficient (Wildman–Crippen LogP) is 4.27. The Balaban J connectivity index is 3.59. The Hall–Kier alpha value is 0.240. The van der Waals surface area contributed by atoms with E-state index in [-0.39, 0.29) is 0 Å². The first-order valence-corrected chi connectivity index (χ1v) is 7.05. The number of hydrogen-bond acceptors (Lipinski definition) is 1. The van der Waals surface area contributed by atoms with Crippen molar-refractivity contribution in [1.29, 1.82) is 0 Å². The second kappa shape index (κ2) is 10.7. The number of thiocarbonyl (C=S) groups is 1. The van der Waals surface area contributed by atoms with Gasteiger partial charge >= 0.3 is 0 Å². The molecule has 0 aliphatic carbocycles. The van der Waals surface area contributed by atoms with Crippen LogP contribution in [0.4, 0.5) is 0 Å². The van der Waals surface area contributed by atoms with E-state index in [2.05, 4.69) is 31.4 Å². The second-order valence-corrected chi connectivity index (χ2v) is 5.15. The Morgan fingerprint density at radius 1 is 0.933 bits per heavy atom. The lowest BCUT2D eigenvalue weighted by atomic mass is 10.2. The van der Waals surface area contributed by atoms with Gasteiger partial charge in [0.2, 0.25) is 0 Å². The summed E-state index contributed by atoms with van der Waals surface area (Å²) in [6.45, 7) is 6.64. The van der Waals surface area contributed by atoms with Gasteiger partial charge in [-0.25, -0.2) is 0 Å². The standard InChI is InChI=1S/C12H25NS2/c1-3-5-7-9-11-13(12(14)15)10-8-6-4-2/h3-11H2,1-2H3,(H,14,15). The molecule has 3 heteroatoms. The molecular formula is C12H25NS2. The molecule has 0 unspecified atom stereocenters. The van der Waals surface area contributed by atoms with Crippen LogP contribution in [0.5, 0.6) is 0 Å². The van der Waals surface area contributed by atoms with Crippen molar-refractivity contribution >= 4 is 29.2 Å². The van der Waals surface area contributed by atoms with E-state index in [0.29, 0.717) is 0 Å². The quantitative estimate of drug-likeness (QED) is 0.368. The molecule has 0 aromatic carbocycles. The summed E-state index contributed by atoms with van der Waals surface area (Å²) in [6, 6.07) is 0. The molecule has 0 aromatic rings. The second-order valence-electron chi connectivity index (χ2n) is 4.04. The molecule has 0 N–H and O–H groups in total. The monoisotopic (exact) mass is 247 g/mol. The molecule has 0 saturated carbocycles. The van der Waals surface area contributed by atoms with Crippen molar-refractivity contribution in [2.75, 3.05) is 13.1 Å². The first kappa shape index (κ1) is 15.2. The fraction of sp³-hybridized carbons (Fsp3) is 0.917. The van der Waals surface area contributed by atoms with E-state index in [1.807, 2.05) is 0 Å².